The van der Waals surface area contributed by atoms with E-state index in [0.29, 0.717) is 19.8 Å². The molecule has 0 aliphatic carbocycles. The second-order valence-corrected chi connectivity index (χ2v) is 6.24. The Bertz CT molecular complexity index is 573. The van der Waals surface area contributed by atoms with Crippen molar-refractivity contribution in [3.05, 3.63) is 57.0 Å². The maximum Gasteiger partial charge on any atom is 0.133 e. The van der Waals surface area contributed by atoms with Crippen LogP contribution in [-0.2, 0) is 6.54 Å². The number of halogens is 2. The summed E-state index contributed by atoms with van der Waals surface area (Å²) in [6.45, 7) is 1.79. The highest BCUT2D eigenvalue weighted by molar-refractivity contribution is 9.11. The third-order valence-corrected chi connectivity index (χ3v) is 3.98. The molecule has 2 aromatic rings. The third-order valence-electron chi connectivity index (χ3n) is 2.87. The molecule has 0 saturated heterocycles. The van der Waals surface area contributed by atoms with Gasteiger partial charge in [-0.2, -0.15) is 0 Å². The smallest absolute Gasteiger partial charge is 0.133 e. The van der Waals surface area contributed by atoms with Crippen LogP contribution in [0.15, 0.2) is 51.4 Å². The predicted molar refractivity (Wildman–Crippen MR) is 91.8 cm³/mol. The Labute approximate surface area is 141 Å². The second-order valence-electron chi connectivity index (χ2n) is 4.47. The Morgan fingerprint density at radius 3 is 2.29 bits per heavy atom. The zero-order valence-corrected chi connectivity index (χ0v) is 14.7. The number of hydrogen-bond donors (Lipinski definition) is 1. The average molecular weight is 415 g/mol. The summed E-state index contributed by atoms with van der Waals surface area (Å²) < 4.78 is 13.3. The fourth-order valence-electron chi connectivity index (χ4n) is 1.75. The molecule has 0 heterocycles. The number of nitrogens with two attached hydrogens (primary N) is 1. The van der Waals surface area contributed by atoms with Crippen LogP contribution in [0.2, 0.25) is 0 Å². The summed E-state index contributed by atoms with van der Waals surface area (Å²) in [4.78, 5) is 0. The van der Waals surface area contributed by atoms with Gasteiger partial charge in [-0.1, -0.05) is 28.1 Å². The summed E-state index contributed by atoms with van der Waals surface area (Å²) in [5.74, 6) is 1.70. The molecule has 0 fully saturated rings. The minimum absolute atomic E-state index is 0.552. The molecule has 0 unspecified atom stereocenters. The first kappa shape index (κ1) is 16.3. The zero-order valence-electron chi connectivity index (χ0n) is 11.5. The lowest BCUT2D eigenvalue weighted by Gasteiger charge is -2.10. The van der Waals surface area contributed by atoms with Crippen molar-refractivity contribution in [2.75, 3.05) is 13.2 Å². The molecular formula is C16H17Br2NO2. The number of benzene rings is 2. The van der Waals surface area contributed by atoms with Crippen molar-refractivity contribution in [3.63, 3.8) is 0 Å². The average Bonchev–Trinajstić information content (AvgIpc) is 2.49. The van der Waals surface area contributed by atoms with Crippen LogP contribution >= 0.6 is 31.9 Å². The summed E-state index contributed by atoms with van der Waals surface area (Å²) in [6.07, 6.45) is 0.821. The van der Waals surface area contributed by atoms with Gasteiger partial charge in [0.25, 0.3) is 0 Å². The lowest BCUT2D eigenvalue weighted by atomic mass is 10.2. The normalized spacial score (nSPS) is 10.4. The SMILES string of the molecule is NCc1ccc(OCCCOc2ccc(Br)cc2Br)cc1. The summed E-state index contributed by atoms with van der Waals surface area (Å²) >= 11 is 6.88. The van der Waals surface area contributed by atoms with Gasteiger partial charge in [0.1, 0.15) is 11.5 Å². The van der Waals surface area contributed by atoms with E-state index in [-0.39, 0.29) is 0 Å². The molecule has 21 heavy (non-hydrogen) atoms. The van der Waals surface area contributed by atoms with E-state index in [4.69, 9.17) is 15.2 Å². The molecule has 0 amide bonds. The van der Waals surface area contributed by atoms with E-state index in [0.717, 1.165) is 32.4 Å². The Balaban J connectivity index is 1.69. The molecule has 3 nitrogen and oxygen atoms in total. The first-order valence-electron chi connectivity index (χ1n) is 6.68. The first-order valence-corrected chi connectivity index (χ1v) is 8.27. The Morgan fingerprint density at radius 1 is 0.905 bits per heavy atom. The van der Waals surface area contributed by atoms with Gasteiger partial charge in [-0.25, -0.2) is 0 Å². The van der Waals surface area contributed by atoms with Crippen molar-refractivity contribution < 1.29 is 9.47 Å². The van der Waals surface area contributed by atoms with Gasteiger partial charge in [0.2, 0.25) is 0 Å². The van der Waals surface area contributed by atoms with Crippen LogP contribution in [0.1, 0.15) is 12.0 Å². The largest absolute Gasteiger partial charge is 0.493 e. The molecule has 2 aromatic carbocycles. The van der Waals surface area contributed by atoms with Crippen LogP contribution in [0.25, 0.3) is 0 Å². The summed E-state index contributed by atoms with van der Waals surface area (Å²) in [5.41, 5.74) is 6.65. The lowest BCUT2D eigenvalue weighted by Crippen LogP contribution is -2.05. The van der Waals surface area contributed by atoms with E-state index in [1.165, 1.54) is 0 Å². The molecule has 0 spiro atoms. The molecule has 0 bridgehead atoms. The summed E-state index contributed by atoms with van der Waals surface area (Å²) in [7, 11) is 0. The van der Waals surface area contributed by atoms with E-state index in [9.17, 15) is 0 Å². The van der Waals surface area contributed by atoms with Crippen molar-refractivity contribution in [1.29, 1.82) is 0 Å². The second kappa shape index (κ2) is 8.41. The van der Waals surface area contributed by atoms with Crippen LogP contribution in [0, 0.1) is 0 Å². The van der Waals surface area contributed by atoms with Gasteiger partial charge in [-0.05, 0) is 51.8 Å². The molecule has 0 saturated carbocycles. The Kier molecular flexibility index (Phi) is 6.54. The van der Waals surface area contributed by atoms with Crippen molar-refractivity contribution in [2.24, 2.45) is 5.73 Å². The zero-order chi connectivity index (χ0) is 15.1. The van der Waals surface area contributed by atoms with Gasteiger partial charge >= 0.3 is 0 Å². The molecule has 2 N–H and O–H groups in total. The number of ether oxygens (including phenoxy) is 2. The third kappa shape index (κ3) is 5.34. The maximum atomic E-state index is 5.70. The van der Waals surface area contributed by atoms with Crippen LogP contribution in [0.4, 0.5) is 0 Å². The van der Waals surface area contributed by atoms with E-state index in [1.54, 1.807) is 0 Å². The predicted octanol–water partition coefficient (Wildman–Crippen LogP) is 4.52. The molecule has 112 valence electrons. The van der Waals surface area contributed by atoms with E-state index in [1.807, 2.05) is 42.5 Å². The molecule has 5 heteroatoms. The number of hydrogen-bond acceptors (Lipinski definition) is 3. The van der Waals surface area contributed by atoms with Gasteiger partial charge in [0, 0.05) is 17.4 Å². The van der Waals surface area contributed by atoms with Gasteiger partial charge in [-0.15, -0.1) is 0 Å². The first-order chi connectivity index (χ1) is 10.2. The monoisotopic (exact) mass is 413 g/mol. The topological polar surface area (TPSA) is 44.5 Å². The molecule has 2 rings (SSSR count). The minimum atomic E-state index is 0.552. The van der Waals surface area contributed by atoms with Crippen molar-refractivity contribution in [2.45, 2.75) is 13.0 Å². The van der Waals surface area contributed by atoms with Gasteiger partial charge in [0.15, 0.2) is 0 Å². The van der Waals surface area contributed by atoms with Gasteiger partial charge in [-0.3, -0.25) is 0 Å². The molecule has 0 aromatic heterocycles. The molecule has 0 aliphatic rings. The van der Waals surface area contributed by atoms with Crippen molar-refractivity contribution in [3.8, 4) is 11.5 Å². The van der Waals surface area contributed by atoms with Crippen molar-refractivity contribution in [1.82, 2.24) is 0 Å². The number of rotatable bonds is 7. The van der Waals surface area contributed by atoms with Crippen LogP contribution in [-0.4, -0.2) is 13.2 Å². The highest BCUT2D eigenvalue weighted by atomic mass is 79.9. The molecule has 0 radical (unpaired) electrons. The van der Waals surface area contributed by atoms with Gasteiger partial charge < -0.3 is 15.2 Å². The Hall–Kier alpha value is -1.04. The van der Waals surface area contributed by atoms with E-state index < -0.39 is 0 Å². The quantitative estimate of drug-likeness (QED) is 0.677. The van der Waals surface area contributed by atoms with Crippen LogP contribution in [0.3, 0.4) is 0 Å². The summed E-state index contributed by atoms with van der Waals surface area (Å²) in [6, 6.07) is 13.7. The maximum absolute atomic E-state index is 5.70. The van der Waals surface area contributed by atoms with E-state index in [2.05, 4.69) is 31.9 Å². The van der Waals surface area contributed by atoms with Crippen LogP contribution < -0.4 is 15.2 Å². The van der Waals surface area contributed by atoms with E-state index >= 15 is 0 Å². The van der Waals surface area contributed by atoms with Gasteiger partial charge in [0.05, 0.1) is 17.7 Å². The Morgan fingerprint density at radius 2 is 1.62 bits per heavy atom. The standard InChI is InChI=1S/C16H17Br2NO2/c17-13-4-7-16(15(18)10-13)21-9-1-8-20-14-5-2-12(11-19)3-6-14/h2-7,10H,1,8-9,11,19H2. The fourth-order valence-corrected chi connectivity index (χ4v) is 2.91. The fraction of sp³-hybridized carbons (Fsp3) is 0.250. The lowest BCUT2D eigenvalue weighted by molar-refractivity contribution is 0.246. The molecule has 0 atom stereocenters. The highest BCUT2D eigenvalue weighted by Gasteiger charge is 2.01. The molecular weight excluding hydrogens is 398 g/mol. The van der Waals surface area contributed by atoms with Crippen LogP contribution in [0.5, 0.6) is 11.5 Å². The molecule has 0 aliphatic heterocycles. The highest BCUT2D eigenvalue weighted by Crippen LogP contribution is 2.28. The summed E-state index contributed by atoms with van der Waals surface area (Å²) in [5, 5.41) is 0. The van der Waals surface area contributed by atoms with Crippen molar-refractivity contribution >= 4 is 31.9 Å². The minimum Gasteiger partial charge on any atom is -0.493 e.